The van der Waals surface area contributed by atoms with Crippen molar-refractivity contribution >= 4 is 5.69 Å². The first-order valence-corrected chi connectivity index (χ1v) is 5.02. The van der Waals surface area contributed by atoms with E-state index in [1.165, 1.54) is 0 Å². The normalized spacial score (nSPS) is 13.2. The van der Waals surface area contributed by atoms with Crippen molar-refractivity contribution in [3.63, 3.8) is 0 Å². The molecule has 0 saturated heterocycles. The molecule has 14 heavy (non-hydrogen) atoms. The van der Waals surface area contributed by atoms with Gasteiger partial charge < -0.3 is 10.5 Å². The van der Waals surface area contributed by atoms with E-state index in [4.69, 9.17) is 10.5 Å². The molecule has 1 atom stereocenters. The first-order chi connectivity index (χ1) is 6.50. The number of nitrogen functional groups attached to an aromatic ring is 1. The van der Waals surface area contributed by atoms with E-state index in [9.17, 15) is 0 Å². The summed E-state index contributed by atoms with van der Waals surface area (Å²) in [6, 6.07) is 6.09. The van der Waals surface area contributed by atoms with E-state index in [0.29, 0.717) is 0 Å². The Morgan fingerprint density at radius 3 is 2.36 bits per heavy atom. The van der Waals surface area contributed by atoms with Gasteiger partial charge in [-0.15, -0.1) is 0 Å². The highest BCUT2D eigenvalue weighted by Crippen LogP contribution is 2.22. The van der Waals surface area contributed by atoms with Gasteiger partial charge in [-0.2, -0.15) is 0 Å². The van der Waals surface area contributed by atoms with Crippen molar-refractivity contribution < 1.29 is 4.74 Å². The number of nitrogens with two attached hydrogens (primary N) is 1. The van der Waals surface area contributed by atoms with Gasteiger partial charge in [0.1, 0.15) is 0 Å². The first kappa shape index (κ1) is 11.1. The second-order valence-corrected chi connectivity index (χ2v) is 3.94. The summed E-state index contributed by atoms with van der Waals surface area (Å²) in [5.74, 6) is 0. The lowest BCUT2D eigenvalue weighted by atomic mass is 10.1. The van der Waals surface area contributed by atoms with Crippen molar-refractivity contribution in [3.8, 4) is 0 Å². The van der Waals surface area contributed by atoms with Crippen molar-refractivity contribution in [3.05, 3.63) is 29.3 Å². The minimum atomic E-state index is 0.109. The monoisotopic (exact) mass is 193 g/mol. The second kappa shape index (κ2) is 4.47. The van der Waals surface area contributed by atoms with Crippen LogP contribution in [-0.4, -0.2) is 6.10 Å². The minimum absolute atomic E-state index is 0.109. The maximum atomic E-state index is 5.83. The summed E-state index contributed by atoms with van der Waals surface area (Å²) >= 11 is 0. The van der Waals surface area contributed by atoms with Crippen molar-refractivity contribution in [1.82, 2.24) is 0 Å². The lowest BCUT2D eigenvalue weighted by Crippen LogP contribution is -2.07. The predicted octanol–water partition coefficient (Wildman–Crippen LogP) is 3.06. The molecule has 0 aliphatic carbocycles. The molecule has 1 rings (SSSR count). The van der Waals surface area contributed by atoms with Crippen LogP contribution in [0.3, 0.4) is 0 Å². The van der Waals surface area contributed by atoms with Crippen LogP contribution < -0.4 is 5.73 Å². The summed E-state index contributed by atoms with van der Waals surface area (Å²) in [6.45, 7) is 8.12. The molecular formula is C12H19NO. The maximum Gasteiger partial charge on any atom is 0.0801 e. The zero-order valence-electron chi connectivity index (χ0n) is 9.37. The summed E-state index contributed by atoms with van der Waals surface area (Å²) in [6.07, 6.45) is 0.352. The molecule has 2 heteroatoms. The molecule has 1 unspecified atom stereocenters. The standard InChI is InChI=1S/C12H19NO/c1-8(2)14-10(4)11-6-5-9(3)12(13)7-11/h5-8,10H,13H2,1-4H3. The minimum Gasteiger partial charge on any atom is -0.399 e. The van der Waals surface area contributed by atoms with Crippen molar-refractivity contribution in [2.75, 3.05) is 5.73 Å². The molecule has 2 nitrogen and oxygen atoms in total. The molecule has 0 radical (unpaired) electrons. The van der Waals surface area contributed by atoms with Gasteiger partial charge in [-0.05, 0) is 44.9 Å². The van der Waals surface area contributed by atoms with Gasteiger partial charge in [-0.25, -0.2) is 0 Å². The average molecular weight is 193 g/mol. The van der Waals surface area contributed by atoms with E-state index >= 15 is 0 Å². The number of hydrogen-bond acceptors (Lipinski definition) is 2. The zero-order valence-corrected chi connectivity index (χ0v) is 9.37. The van der Waals surface area contributed by atoms with E-state index in [-0.39, 0.29) is 12.2 Å². The Balaban J connectivity index is 2.80. The number of anilines is 1. The van der Waals surface area contributed by atoms with Crippen LogP contribution in [0.15, 0.2) is 18.2 Å². The van der Waals surface area contributed by atoms with Gasteiger partial charge in [0.2, 0.25) is 0 Å². The molecular weight excluding hydrogens is 174 g/mol. The van der Waals surface area contributed by atoms with Crippen LogP contribution in [-0.2, 0) is 4.74 Å². The first-order valence-electron chi connectivity index (χ1n) is 5.02. The molecule has 0 fully saturated rings. The zero-order chi connectivity index (χ0) is 10.7. The van der Waals surface area contributed by atoms with Crippen molar-refractivity contribution in [1.29, 1.82) is 0 Å². The lowest BCUT2D eigenvalue weighted by Gasteiger charge is -2.17. The third-order valence-corrected chi connectivity index (χ3v) is 2.25. The van der Waals surface area contributed by atoms with Gasteiger partial charge >= 0.3 is 0 Å². The Morgan fingerprint density at radius 2 is 1.86 bits per heavy atom. The van der Waals surface area contributed by atoms with Crippen LogP contribution in [0.2, 0.25) is 0 Å². The molecule has 78 valence electrons. The number of rotatable bonds is 3. The molecule has 0 aliphatic heterocycles. The Morgan fingerprint density at radius 1 is 1.21 bits per heavy atom. The molecule has 2 N–H and O–H groups in total. The number of ether oxygens (including phenoxy) is 1. The van der Waals surface area contributed by atoms with Gasteiger partial charge in [0.25, 0.3) is 0 Å². The Labute approximate surface area is 86.1 Å². The maximum absolute atomic E-state index is 5.83. The highest BCUT2D eigenvalue weighted by molar-refractivity contribution is 5.48. The number of hydrogen-bond donors (Lipinski definition) is 1. The van der Waals surface area contributed by atoms with Gasteiger partial charge in [-0.1, -0.05) is 12.1 Å². The van der Waals surface area contributed by atoms with Gasteiger partial charge in [0, 0.05) is 5.69 Å². The molecule has 1 aromatic carbocycles. The summed E-state index contributed by atoms with van der Waals surface area (Å²) in [4.78, 5) is 0. The lowest BCUT2D eigenvalue weighted by molar-refractivity contribution is 0.0179. The smallest absolute Gasteiger partial charge is 0.0801 e. The Kier molecular flexibility index (Phi) is 3.53. The molecule has 0 bridgehead atoms. The molecule has 0 heterocycles. The van der Waals surface area contributed by atoms with E-state index in [2.05, 4.69) is 6.07 Å². The largest absolute Gasteiger partial charge is 0.399 e. The quantitative estimate of drug-likeness (QED) is 0.749. The van der Waals surface area contributed by atoms with Crippen LogP contribution in [0.25, 0.3) is 0 Å². The fourth-order valence-electron chi connectivity index (χ4n) is 1.40. The molecule has 0 aromatic heterocycles. The molecule has 1 aromatic rings. The fourth-order valence-corrected chi connectivity index (χ4v) is 1.40. The highest BCUT2D eigenvalue weighted by Gasteiger charge is 2.08. The Bertz CT molecular complexity index is 307. The van der Waals surface area contributed by atoms with Crippen molar-refractivity contribution in [2.24, 2.45) is 0 Å². The van der Waals surface area contributed by atoms with Crippen molar-refractivity contribution in [2.45, 2.75) is 39.9 Å². The molecule has 0 spiro atoms. The van der Waals surface area contributed by atoms with Gasteiger partial charge in [-0.3, -0.25) is 0 Å². The Hall–Kier alpha value is -1.02. The van der Waals surface area contributed by atoms with Crippen LogP contribution in [0.1, 0.15) is 38.0 Å². The van der Waals surface area contributed by atoms with Crippen LogP contribution >= 0.6 is 0 Å². The third-order valence-electron chi connectivity index (χ3n) is 2.25. The van der Waals surface area contributed by atoms with E-state index in [1.807, 2.05) is 39.8 Å². The molecule has 0 saturated carbocycles. The van der Waals surface area contributed by atoms with E-state index < -0.39 is 0 Å². The van der Waals surface area contributed by atoms with E-state index in [0.717, 1.165) is 16.8 Å². The third kappa shape index (κ3) is 2.74. The summed E-state index contributed by atoms with van der Waals surface area (Å²) in [5, 5.41) is 0. The fraction of sp³-hybridized carbons (Fsp3) is 0.500. The summed E-state index contributed by atoms with van der Waals surface area (Å²) < 4.78 is 5.68. The van der Waals surface area contributed by atoms with Crippen LogP contribution in [0.4, 0.5) is 5.69 Å². The second-order valence-electron chi connectivity index (χ2n) is 3.94. The van der Waals surface area contributed by atoms with Crippen LogP contribution in [0, 0.1) is 6.92 Å². The summed E-state index contributed by atoms with van der Waals surface area (Å²) in [7, 11) is 0. The SMILES string of the molecule is Cc1ccc(C(C)OC(C)C)cc1N. The van der Waals surface area contributed by atoms with Crippen LogP contribution in [0.5, 0.6) is 0 Å². The van der Waals surface area contributed by atoms with E-state index in [1.54, 1.807) is 0 Å². The topological polar surface area (TPSA) is 35.2 Å². The molecule has 0 amide bonds. The van der Waals surface area contributed by atoms with Gasteiger partial charge in [0.05, 0.1) is 12.2 Å². The summed E-state index contributed by atoms with van der Waals surface area (Å²) in [5.41, 5.74) is 8.93. The molecule has 0 aliphatic rings. The number of benzene rings is 1. The predicted molar refractivity (Wildman–Crippen MR) is 60.2 cm³/mol. The highest BCUT2D eigenvalue weighted by atomic mass is 16.5. The van der Waals surface area contributed by atoms with Gasteiger partial charge in [0.15, 0.2) is 0 Å². The average Bonchev–Trinajstić information content (AvgIpc) is 2.08. The number of aryl methyl sites for hydroxylation is 1.